The normalized spacial score (nSPS) is 10.3. The topological polar surface area (TPSA) is 98.8 Å². The van der Waals surface area contributed by atoms with Gasteiger partial charge in [-0.15, -0.1) is 0 Å². The number of carbonyl (C=O) groups excluding carboxylic acids is 1. The molecule has 7 heteroatoms. The summed E-state index contributed by atoms with van der Waals surface area (Å²) in [6, 6.07) is 13.1. The Hall–Kier alpha value is -3.79. The first kappa shape index (κ1) is 19.0. The van der Waals surface area contributed by atoms with Gasteiger partial charge in [0.1, 0.15) is 5.76 Å². The fourth-order valence-electron chi connectivity index (χ4n) is 2.70. The van der Waals surface area contributed by atoms with E-state index in [0.29, 0.717) is 39.2 Å². The van der Waals surface area contributed by atoms with E-state index in [1.165, 1.54) is 26.4 Å². The number of rotatable bonds is 6. The summed E-state index contributed by atoms with van der Waals surface area (Å²) in [5, 5.41) is 9.79. The molecule has 0 amide bonds. The Morgan fingerprint density at radius 2 is 1.75 bits per heavy atom. The average molecular weight is 379 g/mol. The first-order valence-electron chi connectivity index (χ1n) is 8.41. The van der Waals surface area contributed by atoms with Gasteiger partial charge < -0.3 is 18.6 Å². The molecule has 0 bridgehead atoms. The molecule has 0 spiro atoms. The maximum absolute atomic E-state index is 12.2. The third kappa shape index (κ3) is 3.96. The number of ether oxygens (including phenoxy) is 3. The van der Waals surface area contributed by atoms with Gasteiger partial charge in [-0.25, -0.2) is 9.59 Å². The molecule has 28 heavy (non-hydrogen) atoms. The molecule has 0 atom stereocenters. The van der Waals surface area contributed by atoms with Gasteiger partial charge in [0.2, 0.25) is 0 Å². The lowest BCUT2D eigenvalue weighted by Crippen LogP contribution is -2.10. The van der Waals surface area contributed by atoms with E-state index in [0.717, 1.165) is 0 Å². The zero-order chi connectivity index (χ0) is 20.1. The lowest BCUT2D eigenvalue weighted by atomic mass is 10.1. The van der Waals surface area contributed by atoms with Gasteiger partial charge in [0, 0.05) is 6.42 Å². The number of nitriles is 1. The van der Waals surface area contributed by atoms with E-state index in [1.807, 2.05) is 6.07 Å². The number of fused-ring (bicyclic) bond motifs is 1. The van der Waals surface area contributed by atoms with E-state index in [9.17, 15) is 9.59 Å². The Morgan fingerprint density at radius 3 is 2.39 bits per heavy atom. The zero-order valence-corrected chi connectivity index (χ0v) is 15.4. The second-order valence-electron chi connectivity index (χ2n) is 5.87. The van der Waals surface area contributed by atoms with Crippen LogP contribution in [0, 0.1) is 11.3 Å². The SMILES string of the molecule is COc1cc2cc(CCOC(=O)c3ccc(C#N)cc3)oc(=O)c2cc1OC. The lowest BCUT2D eigenvalue weighted by molar-refractivity contribution is 0.0504. The van der Waals surface area contributed by atoms with Crippen molar-refractivity contribution in [3.05, 3.63) is 69.8 Å². The van der Waals surface area contributed by atoms with Crippen molar-refractivity contribution < 1.29 is 23.4 Å². The van der Waals surface area contributed by atoms with Crippen LogP contribution in [0.25, 0.3) is 10.8 Å². The summed E-state index contributed by atoms with van der Waals surface area (Å²) in [4.78, 5) is 24.3. The van der Waals surface area contributed by atoms with Crippen LogP contribution in [0.3, 0.4) is 0 Å². The van der Waals surface area contributed by atoms with Crippen molar-refractivity contribution >= 4 is 16.7 Å². The standard InChI is InChI=1S/C21H17NO6/c1-25-18-10-15-9-16(28-21(24)17(15)11-19(18)26-2)7-8-27-20(23)14-5-3-13(12-22)4-6-14/h3-6,9-11H,7-8H2,1-2H3. The Bertz CT molecular complexity index is 1110. The number of benzene rings is 2. The van der Waals surface area contributed by atoms with Crippen LogP contribution >= 0.6 is 0 Å². The van der Waals surface area contributed by atoms with E-state index in [4.69, 9.17) is 23.9 Å². The molecule has 0 fully saturated rings. The smallest absolute Gasteiger partial charge is 0.343 e. The van der Waals surface area contributed by atoms with Crippen LogP contribution in [0.2, 0.25) is 0 Å². The minimum absolute atomic E-state index is 0.0422. The van der Waals surface area contributed by atoms with Crippen molar-refractivity contribution in [2.45, 2.75) is 6.42 Å². The third-order valence-corrected chi connectivity index (χ3v) is 4.15. The molecule has 0 aliphatic heterocycles. The van der Waals surface area contributed by atoms with Gasteiger partial charge in [-0.05, 0) is 47.9 Å². The second kappa shape index (κ2) is 8.27. The van der Waals surface area contributed by atoms with Crippen LogP contribution in [-0.2, 0) is 11.2 Å². The molecule has 142 valence electrons. The van der Waals surface area contributed by atoms with Gasteiger partial charge in [0.25, 0.3) is 0 Å². The molecule has 0 saturated carbocycles. The highest BCUT2D eigenvalue weighted by Gasteiger charge is 2.12. The Morgan fingerprint density at radius 1 is 1.07 bits per heavy atom. The maximum Gasteiger partial charge on any atom is 0.343 e. The summed E-state index contributed by atoms with van der Waals surface area (Å²) in [6.45, 7) is 0.0422. The molecular weight excluding hydrogens is 362 g/mol. The minimum Gasteiger partial charge on any atom is -0.493 e. The fourth-order valence-corrected chi connectivity index (χ4v) is 2.70. The quantitative estimate of drug-likeness (QED) is 0.607. The molecule has 1 heterocycles. The van der Waals surface area contributed by atoms with Gasteiger partial charge in [0.15, 0.2) is 11.5 Å². The zero-order valence-electron chi connectivity index (χ0n) is 15.4. The summed E-state index contributed by atoms with van der Waals surface area (Å²) < 4.78 is 21.0. The van der Waals surface area contributed by atoms with Crippen molar-refractivity contribution in [3.8, 4) is 17.6 Å². The van der Waals surface area contributed by atoms with E-state index in [-0.39, 0.29) is 13.0 Å². The first-order valence-corrected chi connectivity index (χ1v) is 8.41. The van der Waals surface area contributed by atoms with Crippen LogP contribution in [-0.4, -0.2) is 26.8 Å². The Kier molecular flexibility index (Phi) is 5.61. The highest BCUT2D eigenvalue weighted by atomic mass is 16.5. The number of hydrogen-bond acceptors (Lipinski definition) is 7. The van der Waals surface area contributed by atoms with E-state index >= 15 is 0 Å². The summed E-state index contributed by atoms with van der Waals surface area (Å²) >= 11 is 0. The van der Waals surface area contributed by atoms with Crippen molar-refractivity contribution in [2.24, 2.45) is 0 Å². The molecule has 2 aromatic carbocycles. The molecule has 0 saturated heterocycles. The molecular formula is C21H17NO6. The van der Waals surface area contributed by atoms with Crippen LogP contribution < -0.4 is 15.1 Å². The van der Waals surface area contributed by atoms with Crippen LogP contribution in [0.5, 0.6) is 11.5 Å². The third-order valence-electron chi connectivity index (χ3n) is 4.15. The summed E-state index contributed by atoms with van der Waals surface area (Å²) in [5.41, 5.74) is 0.296. The van der Waals surface area contributed by atoms with Crippen LogP contribution in [0.4, 0.5) is 0 Å². The lowest BCUT2D eigenvalue weighted by Gasteiger charge is -2.09. The van der Waals surface area contributed by atoms with E-state index < -0.39 is 11.6 Å². The monoisotopic (exact) mass is 379 g/mol. The largest absolute Gasteiger partial charge is 0.493 e. The number of hydrogen-bond donors (Lipinski definition) is 0. The molecule has 3 aromatic rings. The molecule has 0 radical (unpaired) electrons. The highest BCUT2D eigenvalue weighted by Crippen LogP contribution is 2.31. The second-order valence-corrected chi connectivity index (χ2v) is 5.87. The summed E-state index contributed by atoms with van der Waals surface area (Å²) in [6.07, 6.45) is 0.238. The number of nitrogens with zero attached hydrogens (tertiary/aromatic N) is 1. The number of methoxy groups -OCH3 is 2. The molecule has 1 aromatic heterocycles. The summed E-state index contributed by atoms with van der Waals surface area (Å²) in [5.74, 6) is 0.807. The Labute approximate surface area is 160 Å². The predicted molar refractivity (Wildman–Crippen MR) is 101 cm³/mol. The van der Waals surface area contributed by atoms with Gasteiger partial charge in [-0.3, -0.25) is 0 Å². The maximum atomic E-state index is 12.2. The van der Waals surface area contributed by atoms with Crippen LogP contribution in [0.1, 0.15) is 21.7 Å². The summed E-state index contributed by atoms with van der Waals surface area (Å²) in [7, 11) is 3.00. The molecule has 0 N–H and O–H groups in total. The molecule has 0 aliphatic rings. The Balaban J connectivity index is 1.72. The molecule has 0 unspecified atom stereocenters. The van der Waals surface area contributed by atoms with Gasteiger partial charge >= 0.3 is 11.6 Å². The van der Waals surface area contributed by atoms with Gasteiger partial charge in [-0.1, -0.05) is 0 Å². The van der Waals surface area contributed by atoms with Crippen LogP contribution in [0.15, 0.2) is 51.7 Å². The highest BCUT2D eigenvalue weighted by molar-refractivity contribution is 5.89. The minimum atomic E-state index is -0.515. The molecule has 0 aliphatic carbocycles. The first-order chi connectivity index (χ1) is 13.5. The van der Waals surface area contributed by atoms with Crippen molar-refractivity contribution in [2.75, 3.05) is 20.8 Å². The number of carbonyl (C=O) groups is 1. The predicted octanol–water partition coefficient (Wildman–Crippen LogP) is 3.08. The van der Waals surface area contributed by atoms with Crippen molar-refractivity contribution in [3.63, 3.8) is 0 Å². The van der Waals surface area contributed by atoms with Gasteiger partial charge in [0.05, 0.1) is 43.4 Å². The molecule has 3 rings (SSSR count). The van der Waals surface area contributed by atoms with Crippen molar-refractivity contribution in [1.82, 2.24) is 0 Å². The van der Waals surface area contributed by atoms with E-state index in [1.54, 1.807) is 30.3 Å². The van der Waals surface area contributed by atoms with Crippen molar-refractivity contribution in [1.29, 1.82) is 5.26 Å². The molecule has 7 nitrogen and oxygen atoms in total. The van der Waals surface area contributed by atoms with Gasteiger partial charge in [-0.2, -0.15) is 5.26 Å². The van der Waals surface area contributed by atoms with E-state index in [2.05, 4.69) is 0 Å². The fraction of sp³-hybridized carbons (Fsp3) is 0.190. The average Bonchev–Trinajstić information content (AvgIpc) is 2.72. The number of esters is 1.